The van der Waals surface area contributed by atoms with Crippen molar-refractivity contribution in [3.05, 3.63) is 101 Å². The number of carbonyl (C=O) groups excluding carboxylic acids is 2. The van der Waals surface area contributed by atoms with Gasteiger partial charge in [-0.25, -0.2) is 4.39 Å². The van der Waals surface area contributed by atoms with Crippen LogP contribution in [0.5, 0.6) is 0 Å². The summed E-state index contributed by atoms with van der Waals surface area (Å²) in [5.74, 6) is -1.37. The molecule has 3 aliphatic rings. The van der Waals surface area contributed by atoms with Gasteiger partial charge < -0.3 is 5.32 Å². The van der Waals surface area contributed by atoms with Crippen LogP contribution in [0.25, 0.3) is 0 Å². The Kier molecular flexibility index (Phi) is 4.30. The van der Waals surface area contributed by atoms with Gasteiger partial charge in [-0.15, -0.1) is 0 Å². The predicted octanol–water partition coefficient (Wildman–Crippen LogP) is 4.73. The number of carbonyl (C=O) groups is 2. The van der Waals surface area contributed by atoms with Gasteiger partial charge in [0.25, 0.3) is 0 Å². The number of nitrogens with one attached hydrogen (secondary N) is 1. The standard InChI is InChI=1S/C27H23FN2O2/c28-19-14-12-18(13-15-19)25(31)24-23(17-7-2-1-3-8-17)22-11-6-16-30(22)27(24)20-9-4-5-10-21(20)29-26(27)32/h1-5,7-10,12-15,22-24H,6,11,16H2,(H,29,32)/t22-,23-,24+,27-/m1/s1. The minimum atomic E-state index is -1.07. The molecule has 3 heterocycles. The second kappa shape index (κ2) is 7.10. The molecular weight excluding hydrogens is 403 g/mol. The van der Waals surface area contributed by atoms with Crippen LogP contribution in [0.2, 0.25) is 0 Å². The average Bonchev–Trinajstić information content (AvgIpc) is 3.48. The Bertz CT molecular complexity index is 1210. The fourth-order valence-corrected chi connectivity index (χ4v) is 6.36. The quantitative estimate of drug-likeness (QED) is 0.616. The van der Waals surface area contributed by atoms with Gasteiger partial charge in [-0.2, -0.15) is 0 Å². The van der Waals surface area contributed by atoms with Crippen molar-refractivity contribution >= 4 is 17.4 Å². The predicted molar refractivity (Wildman–Crippen MR) is 120 cm³/mol. The molecule has 3 aromatic rings. The first-order chi connectivity index (χ1) is 15.6. The summed E-state index contributed by atoms with van der Waals surface area (Å²) >= 11 is 0. The third-order valence-electron chi connectivity index (χ3n) is 7.50. The molecule has 0 radical (unpaired) electrons. The van der Waals surface area contributed by atoms with E-state index in [4.69, 9.17) is 0 Å². The minimum absolute atomic E-state index is 0.0868. The number of ketones is 1. The summed E-state index contributed by atoms with van der Waals surface area (Å²) in [6.07, 6.45) is 1.92. The van der Waals surface area contributed by atoms with E-state index in [1.807, 2.05) is 42.5 Å². The highest BCUT2D eigenvalue weighted by Crippen LogP contribution is 2.61. The van der Waals surface area contributed by atoms with Crippen molar-refractivity contribution < 1.29 is 14.0 Å². The smallest absolute Gasteiger partial charge is 0.250 e. The molecule has 1 amide bonds. The van der Waals surface area contributed by atoms with E-state index in [1.54, 1.807) is 0 Å². The van der Waals surface area contributed by atoms with Gasteiger partial charge in [0.15, 0.2) is 5.78 Å². The Labute approximate surface area is 186 Å². The SMILES string of the molecule is O=C(c1ccc(F)cc1)[C@@H]1[C@H](c2ccccc2)[C@H]2CCCN2[C@@]12C(=O)Nc1ccccc12. The van der Waals surface area contributed by atoms with Gasteiger partial charge in [0, 0.05) is 28.8 Å². The molecule has 160 valence electrons. The number of halogens is 1. The fraction of sp³-hybridized carbons (Fsp3) is 0.259. The first kappa shape index (κ1) is 19.4. The molecule has 4 atom stereocenters. The van der Waals surface area contributed by atoms with Crippen molar-refractivity contribution in [1.29, 1.82) is 0 Å². The first-order valence-corrected chi connectivity index (χ1v) is 11.1. The lowest BCUT2D eigenvalue weighted by Crippen LogP contribution is -2.52. The zero-order valence-corrected chi connectivity index (χ0v) is 17.5. The maximum atomic E-state index is 14.2. The molecule has 2 fully saturated rings. The Morgan fingerprint density at radius 2 is 1.69 bits per heavy atom. The van der Waals surface area contributed by atoms with Crippen LogP contribution >= 0.6 is 0 Å². The summed E-state index contributed by atoms with van der Waals surface area (Å²) in [5, 5.41) is 3.07. The normalized spacial score (nSPS) is 28.5. The van der Waals surface area contributed by atoms with Crippen molar-refractivity contribution in [2.75, 3.05) is 11.9 Å². The van der Waals surface area contributed by atoms with E-state index in [0.717, 1.165) is 36.2 Å². The molecule has 32 heavy (non-hydrogen) atoms. The van der Waals surface area contributed by atoms with Crippen LogP contribution in [0.1, 0.15) is 40.2 Å². The highest BCUT2D eigenvalue weighted by Gasteiger charge is 2.69. The van der Waals surface area contributed by atoms with Crippen molar-refractivity contribution in [1.82, 2.24) is 4.90 Å². The number of hydrogen-bond acceptors (Lipinski definition) is 3. The number of benzene rings is 3. The van der Waals surface area contributed by atoms with Gasteiger partial charge in [0.2, 0.25) is 5.91 Å². The largest absolute Gasteiger partial charge is 0.324 e. The molecule has 4 nitrogen and oxygen atoms in total. The van der Waals surface area contributed by atoms with Crippen LogP contribution in [0, 0.1) is 11.7 Å². The Hall–Kier alpha value is -3.31. The van der Waals surface area contributed by atoms with E-state index in [1.165, 1.54) is 24.3 Å². The molecule has 0 saturated carbocycles. The van der Waals surface area contributed by atoms with Gasteiger partial charge in [0.05, 0.1) is 5.92 Å². The summed E-state index contributed by atoms with van der Waals surface area (Å²) in [7, 11) is 0. The first-order valence-electron chi connectivity index (χ1n) is 11.1. The van der Waals surface area contributed by atoms with E-state index in [2.05, 4.69) is 22.3 Å². The van der Waals surface area contributed by atoms with E-state index in [0.29, 0.717) is 5.56 Å². The molecule has 5 heteroatoms. The van der Waals surface area contributed by atoms with Crippen LogP contribution in [-0.4, -0.2) is 29.2 Å². The Balaban J connectivity index is 1.61. The molecule has 0 unspecified atom stereocenters. The van der Waals surface area contributed by atoms with Gasteiger partial charge in [-0.3, -0.25) is 14.5 Å². The van der Waals surface area contributed by atoms with Crippen molar-refractivity contribution in [2.24, 2.45) is 5.92 Å². The van der Waals surface area contributed by atoms with Crippen LogP contribution in [0.3, 0.4) is 0 Å². The molecule has 6 rings (SSSR count). The number of Topliss-reactive ketones (excluding diaryl/α,β-unsaturated/α-hetero) is 1. The summed E-state index contributed by atoms with van der Waals surface area (Å²) in [6.45, 7) is 0.767. The lowest BCUT2D eigenvalue weighted by atomic mass is 9.69. The second-order valence-corrected chi connectivity index (χ2v) is 8.95. The van der Waals surface area contributed by atoms with E-state index < -0.39 is 11.5 Å². The summed E-state index contributed by atoms with van der Waals surface area (Å²) < 4.78 is 13.6. The van der Waals surface area contributed by atoms with Crippen LogP contribution in [-0.2, 0) is 10.3 Å². The van der Waals surface area contributed by atoms with E-state index >= 15 is 0 Å². The van der Waals surface area contributed by atoms with Crippen molar-refractivity contribution in [3.8, 4) is 0 Å². The number of nitrogens with zero attached hydrogens (tertiary/aromatic N) is 1. The zero-order chi connectivity index (χ0) is 21.9. The fourth-order valence-electron chi connectivity index (χ4n) is 6.36. The topological polar surface area (TPSA) is 49.4 Å². The second-order valence-electron chi connectivity index (χ2n) is 8.95. The lowest BCUT2D eigenvalue weighted by Gasteiger charge is -2.36. The van der Waals surface area contributed by atoms with E-state index in [-0.39, 0.29) is 29.5 Å². The maximum absolute atomic E-state index is 14.2. The monoisotopic (exact) mass is 426 g/mol. The number of rotatable bonds is 3. The average molecular weight is 426 g/mol. The van der Waals surface area contributed by atoms with Gasteiger partial charge in [0.1, 0.15) is 11.4 Å². The number of para-hydroxylation sites is 1. The highest BCUT2D eigenvalue weighted by molar-refractivity contribution is 6.12. The molecular formula is C27H23FN2O2. The molecule has 2 saturated heterocycles. The van der Waals surface area contributed by atoms with Crippen LogP contribution < -0.4 is 5.32 Å². The Morgan fingerprint density at radius 1 is 0.969 bits per heavy atom. The van der Waals surface area contributed by atoms with Gasteiger partial charge in [-0.05, 0) is 55.3 Å². The third-order valence-corrected chi connectivity index (χ3v) is 7.50. The Morgan fingerprint density at radius 3 is 2.47 bits per heavy atom. The lowest BCUT2D eigenvalue weighted by molar-refractivity contribution is -0.127. The maximum Gasteiger partial charge on any atom is 0.250 e. The van der Waals surface area contributed by atoms with Crippen LogP contribution in [0.15, 0.2) is 78.9 Å². The molecule has 1 spiro atoms. The summed E-state index contributed by atoms with van der Waals surface area (Å²) in [4.78, 5) is 30.2. The summed E-state index contributed by atoms with van der Waals surface area (Å²) in [6, 6.07) is 23.6. The highest BCUT2D eigenvalue weighted by atomic mass is 19.1. The minimum Gasteiger partial charge on any atom is -0.324 e. The molecule has 0 bridgehead atoms. The summed E-state index contributed by atoms with van der Waals surface area (Å²) in [5.41, 5.74) is 2.09. The number of fused-ring (bicyclic) bond motifs is 4. The number of hydrogen-bond donors (Lipinski definition) is 1. The van der Waals surface area contributed by atoms with Crippen LogP contribution in [0.4, 0.5) is 10.1 Å². The molecule has 1 N–H and O–H groups in total. The van der Waals surface area contributed by atoms with Crippen molar-refractivity contribution in [2.45, 2.75) is 30.3 Å². The molecule has 3 aliphatic heterocycles. The zero-order valence-electron chi connectivity index (χ0n) is 17.5. The molecule has 0 aliphatic carbocycles. The van der Waals surface area contributed by atoms with Gasteiger partial charge >= 0.3 is 0 Å². The number of anilines is 1. The van der Waals surface area contributed by atoms with Gasteiger partial charge in [-0.1, -0.05) is 48.5 Å². The molecule has 0 aromatic heterocycles. The molecule has 3 aromatic carbocycles. The van der Waals surface area contributed by atoms with Crippen molar-refractivity contribution in [3.63, 3.8) is 0 Å². The number of amides is 1. The third kappa shape index (κ3) is 2.51. The van der Waals surface area contributed by atoms with E-state index in [9.17, 15) is 14.0 Å².